The highest BCUT2D eigenvalue weighted by molar-refractivity contribution is 6.58. The maximum absolute atomic E-state index is 10.3. The summed E-state index contributed by atoms with van der Waals surface area (Å²) in [5.41, 5.74) is 0. The number of hydrogen-bond donors (Lipinski definition) is 1. The van der Waals surface area contributed by atoms with E-state index in [1.807, 2.05) is 0 Å². The number of aliphatic carboxylic acids is 1. The molecule has 0 amide bonds. The van der Waals surface area contributed by atoms with Crippen LogP contribution in [0.25, 0.3) is 0 Å². The molecule has 0 atom stereocenters. The van der Waals surface area contributed by atoms with Crippen molar-refractivity contribution in [2.45, 2.75) is 22.0 Å². The molecule has 0 saturated heterocycles. The van der Waals surface area contributed by atoms with Crippen LogP contribution >= 0.6 is 46.4 Å². The van der Waals surface area contributed by atoms with Crippen molar-refractivity contribution in [1.82, 2.24) is 0 Å². The number of hydrogen-bond acceptors (Lipinski definition) is 1. The van der Waals surface area contributed by atoms with Crippen molar-refractivity contribution < 1.29 is 9.90 Å². The third-order valence-corrected chi connectivity index (χ3v) is 1.70. The Hall–Kier alpha value is 0.630. The Balaban J connectivity index is 4.25. The second kappa shape index (κ2) is 3.56. The predicted octanol–water partition coefficient (Wildman–Crippen LogP) is 2.83. The zero-order chi connectivity index (χ0) is 9.28. The van der Waals surface area contributed by atoms with Crippen molar-refractivity contribution in [2.24, 2.45) is 0 Å². The van der Waals surface area contributed by atoms with Gasteiger partial charge in [0.2, 0.25) is 4.33 Å². The highest BCUT2D eigenvalue weighted by Gasteiger charge is 2.40. The quantitative estimate of drug-likeness (QED) is 0.770. The molecule has 66 valence electrons. The highest BCUT2D eigenvalue weighted by Crippen LogP contribution is 2.37. The second-order valence-electron chi connectivity index (χ2n) is 2.26. The average molecular weight is 240 g/mol. The summed E-state index contributed by atoms with van der Waals surface area (Å²) in [4.78, 5) is 10.3. The fourth-order valence-corrected chi connectivity index (χ4v) is 1.67. The van der Waals surface area contributed by atoms with Crippen molar-refractivity contribution in [3.63, 3.8) is 0 Å². The first-order valence-electron chi connectivity index (χ1n) is 2.64. The van der Waals surface area contributed by atoms with Crippen LogP contribution in [0.15, 0.2) is 0 Å². The van der Waals surface area contributed by atoms with Gasteiger partial charge in [0.1, 0.15) is 4.33 Å². The number of alkyl halides is 4. The van der Waals surface area contributed by atoms with Gasteiger partial charge in [-0.2, -0.15) is 0 Å². The van der Waals surface area contributed by atoms with E-state index in [1.54, 1.807) is 0 Å². The molecule has 11 heavy (non-hydrogen) atoms. The minimum atomic E-state index is -1.92. The third kappa shape index (κ3) is 4.96. The molecule has 0 aliphatic heterocycles. The van der Waals surface area contributed by atoms with Gasteiger partial charge < -0.3 is 5.11 Å². The minimum Gasteiger partial charge on any atom is -0.479 e. The molecule has 0 aliphatic carbocycles. The Morgan fingerprint density at radius 1 is 1.36 bits per heavy atom. The second-order valence-corrected chi connectivity index (χ2v) is 5.60. The van der Waals surface area contributed by atoms with Crippen LogP contribution in [0, 0.1) is 0 Å². The summed E-state index contributed by atoms with van der Waals surface area (Å²) in [7, 11) is 0. The van der Waals surface area contributed by atoms with Crippen LogP contribution in [0.4, 0.5) is 0 Å². The number of halogens is 4. The summed E-state index contributed by atoms with van der Waals surface area (Å²) in [6.07, 6.45) is -0.235. The van der Waals surface area contributed by atoms with Gasteiger partial charge in [0, 0.05) is 6.42 Å². The van der Waals surface area contributed by atoms with E-state index in [1.165, 1.54) is 6.92 Å². The molecule has 0 aromatic heterocycles. The van der Waals surface area contributed by atoms with E-state index in [2.05, 4.69) is 0 Å². The summed E-state index contributed by atoms with van der Waals surface area (Å²) in [5, 5.41) is 8.42. The van der Waals surface area contributed by atoms with Crippen molar-refractivity contribution in [2.75, 3.05) is 0 Å². The Morgan fingerprint density at radius 2 is 1.73 bits per heavy atom. The van der Waals surface area contributed by atoms with E-state index in [-0.39, 0.29) is 6.42 Å². The lowest BCUT2D eigenvalue weighted by molar-refractivity contribution is -0.138. The zero-order valence-corrected chi connectivity index (χ0v) is 8.60. The van der Waals surface area contributed by atoms with Crippen LogP contribution in [0.5, 0.6) is 0 Å². The van der Waals surface area contributed by atoms with Gasteiger partial charge in [-0.25, -0.2) is 4.79 Å². The molecule has 0 unspecified atom stereocenters. The van der Waals surface area contributed by atoms with Crippen molar-refractivity contribution in [1.29, 1.82) is 0 Å². The first kappa shape index (κ1) is 11.6. The Labute approximate surface area is 84.4 Å². The maximum Gasteiger partial charge on any atom is 0.340 e. The van der Waals surface area contributed by atoms with Gasteiger partial charge in [-0.3, -0.25) is 0 Å². The van der Waals surface area contributed by atoms with Gasteiger partial charge >= 0.3 is 5.97 Å². The average Bonchev–Trinajstić information content (AvgIpc) is 1.56. The SMILES string of the molecule is CC(Cl)(Cl)CC(Cl)(Cl)C(=O)O. The molecule has 0 aromatic carbocycles. The van der Waals surface area contributed by atoms with E-state index in [4.69, 9.17) is 51.5 Å². The molecule has 0 bridgehead atoms. The molecule has 0 saturated carbocycles. The number of rotatable bonds is 3. The van der Waals surface area contributed by atoms with E-state index in [0.717, 1.165) is 0 Å². The molecule has 0 fully saturated rings. The van der Waals surface area contributed by atoms with E-state index in [9.17, 15) is 4.79 Å². The highest BCUT2D eigenvalue weighted by atomic mass is 35.5. The molecule has 0 heterocycles. The van der Waals surface area contributed by atoms with Crippen molar-refractivity contribution in [3.05, 3.63) is 0 Å². The molecule has 1 N–H and O–H groups in total. The van der Waals surface area contributed by atoms with Crippen molar-refractivity contribution in [3.8, 4) is 0 Å². The monoisotopic (exact) mass is 238 g/mol. The molecule has 0 aromatic rings. The first-order valence-corrected chi connectivity index (χ1v) is 4.15. The Bertz CT molecular complexity index is 160. The van der Waals surface area contributed by atoms with Gasteiger partial charge in [-0.05, 0) is 6.92 Å². The van der Waals surface area contributed by atoms with Crippen LogP contribution in [0.2, 0.25) is 0 Å². The van der Waals surface area contributed by atoms with Gasteiger partial charge in [-0.1, -0.05) is 23.2 Å². The smallest absolute Gasteiger partial charge is 0.340 e. The van der Waals surface area contributed by atoms with Crippen LogP contribution < -0.4 is 0 Å². The van der Waals surface area contributed by atoms with Gasteiger partial charge in [-0.15, -0.1) is 23.2 Å². The van der Waals surface area contributed by atoms with Gasteiger partial charge in [0.05, 0.1) is 0 Å². The number of carboxylic acids is 1. The standard InChI is InChI=1S/C5H6Cl4O2/c1-4(6,7)2-5(8,9)3(10)11/h2H2,1H3,(H,10,11). The van der Waals surface area contributed by atoms with Crippen LogP contribution in [0.3, 0.4) is 0 Å². The molecule has 0 rings (SSSR count). The normalized spacial score (nSPS) is 13.2. The van der Waals surface area contributed by atoms with Crippen LogP contribution in [-0.2, 0) is 4.79 Å². The van der Waals surface area contributed by atoms with E-state index >= 15 is 0 Å². The van der Waals surface area contributed by atoms with E-state index < -0.39 is 14.6 Å². The zero-order valence-electron chi connectivity index (χ0n) is 5.57. The lowest BCUT2D eigenvalue weighted by Gasteiger charge is -2.20. The van der Waals surface area contributed by atoms with Crippen LogP contribution in [0.1, 0.15) is 13.3 Å². The summed E-state index contributed by atoms with van der Waals surface area (Å²) in [6.45, 7) is 1.42. The fraction of sp³-hybridized carbons (Fsp3) is 0.800. The molecular weight excluding hydrogens is 234 g/mol. The first-order chi connectivity index (χ1) is 4.65. The summed E-state index contributed by atoms with van der Waals surface area (Å²) in [5.74, 6) is -1.35. The maximum atomic E-state index is 10.3. The largest absolute Gasteiger partial charge is 0.479 e. The summed E-state index contributed by atoms with van der Waals surface area (Å²) >= 11 is 21.7. The summed E-state index contributed by atoms with van der Waals surface area (Å²) in [6, 6.07) is 0. The lowest BCUT2D eigenvalue weighted by atomic mass is 10.2. The molecule has 2 nitrogen and oxygen atoms in total. The topological polar surface area (TPSA) is 37.3 Å². The lowest BCUT2D eigenvalue weighted by Crippen LogP contribution is -2.31. The molecule has 0 aliphatic rings. The summed E-state index contributed by atoms with van der Waals surface area (Å²) < 4.78 is -3.15. The third-order valence-electron chi connectivity index (χ3n) is 0.845. The predicted molar refractivity (Wildman–Crippen MR) is 46.8 cm³/mol. The van der Waals surface area contributed by atoms with Gasteiger partial charge in [0.25, 0.3) is 0 Å². The van der Waals surface area contributed by atoms with Gasteiger partial charge in [0.15, 0.2) is 0 Å². The number of carboxylic acid groups (broad SMARTS) is 1. The molecule has 6 heteroatoms. The Kier molecular flexibility index (Phi) is 3.77. The Morgan fingerprint density at radius 3 is 1.82 bits per heavy atom. The molecular formula is C5H6Cl4O2. The fourth-order valence-electron chi connectivity index (χ4n) is 0.465. The minimum absolute atomic E-state index is 0.235. The number of carbonyl (C=O) groups is 1. The molecule has 0 spiro atoms. The van der Waals surface area contributed by atoms with Crippen molar-refractivity contribution >= 4 is 52.4 Å². The van der Waals surface area contributed by atoms with Crippen LogP contribution in [-0.4, -0.2) is 19.7 Å². The van der Waals surface area contributed by atoms with E-state index in [0.29, 0.717) is 0 Å². The molecule has 0 radical (unpaired) electrons.